The van der Waals surface area contributed by atoms with Crippen molar-refractivity contribution in [1.82, 2.24) is 9.97 Å². The minimum absolute atomic E-state index is 0.389. The van der Waals surface area contributed by atoms with Gasteiger partial charge in [0.2, 0.25) is 0 Å². The average molecular weight is 254 g/mol. The van der Waals surface area contributed by atoms with Gasteiger partial charge in [0.25, 0.3) is 0 Å². The van der Waals surface area contributed by atoms with Crippen LogP contribution < -0.4 is 9.64 Å². The summed E-state index contributed by atoms with van der Waals surface area (Å²) < 4.78 is 5.06. The fourth-order valence-electron chi connectivity index (χ4n) is 2.64. The van der Waals surface area contributed by atoms with Crippen molar-refractivity contribution in [2.45, 2.75) is 25.7 Å². The molecule has 0 unspecified atom stereocenters. The van der Waals surface area contributed by atoms with Crippen LogP contribution in [0.3, 0.4) is 0 Å². The Kier molecular flexibility index (Phi) is 2.62. The maximum atomic E-state index is 6.18. The normalized spacial score (nSPS) is 21.6. The lowest BCUT2D eigenvalue weighted by Gasteiger charge is -2.34. The molecule has 1 aliphatic heterocycles. The molecule has 1 saturated heterocycles. The predicted molar refractivity (Wildman–Crippen MR) is 66.7 cm³/mol. The Morgan fingerprint density at radius 3 is 2.94 bits per heavy atom. The third kappa shape index (κ3) is 2.06. The molecule has 1 aromatic rings. The first-order chi connectivity index (χ1) is 8.22. The fraction of sp³-hybridized carbons (Fsp3) is 0.667. The molecule has 0 bridgehead atoms. The minimum atomic E-state index is 0.389. The Bertz CT molecular complexity index is 434. The summed E-state index contributed by atoms with van der Waals surface area (Å²) in [7, 11) is 1.58. The number of hydrogen-bond donors (Lipinski definition) is 0. The second-order valence-corrected chi connectivity index (χ2v) is 5.46. The van der Waals surface area contributed by atoms with Crippen LogP contribution in [0.15, 0.2) is 6.20 Å². The van der Waals surface area contributed by atoms with E-state index in [1.54, 1.807) is 13.3 Å². The highest BCUT2D eigenvalue weighted by Crippen LogP contribution is 2.52. The van der Waals surface area contributed by atoms with Gasteiger partial charge in [-0.3, -0.25) is 0 Å². The summed E-state index contributed by atoms with van der Waals surface area (Å²) in [6, 6.07) is 0.389. The minimum Gasteiger partial charge on any atom is -0.467 e. The van der Waals surface area contributed by atoms with Crippen LogP contribution in [0.2, 0.25) is 5.02 Å². The van der Waals surface area contributed by atoms with Crippen LogP contribution in [-0.4, -0.2) is 30.2 Å². The van der Waals surface area contributed by atoms with Gasteiger partial charge < -0.3 is 9.64 Å². The van der Waals surface area contributed by atoms with Crippen molar-refractivity contribution in [3.63, 3.8) is 0 Å². The second kappa shape index (κ2) is 4.02. The van der Waals surface area contributed by atoms with Crippen molar-refractivity contribution in [1.29, 1.82) is 0 Å². The largest absolute Gasteiger partial charge is 0.467 e. The maximum Gasteiger partial charge on any atom is 0.318 e. The molecule has 17 heavy (non-hydrogen) atoms. The van der Waals surface area contributed by atoms with Gasteiger partial charge in [-0.05, 0) is 31.1 Å². The Morgan fingerprint density at radius 1 is 1.41 bits per heavy atom. The molecule has 4 nitrogen and oxygen atoms in total. The molecule has 92 valence electrons. The Hall–Kier alpha value is -1.03. The number of hydrogen-bond acceptors (Lipinski definition) is 4. The van der Waals surface area contributed by atoms with Gasteiger partial charge in [0.15, 0.2) is 5.82 Å². The van der Waals surface area contributed by atoms with Crippen LogP contribution >= 0.6 is 11.6 Å². The molecule has 1 saturated carbocycles. The number of anilines is 1. The van der Waals surface area contributed by atoms with E-state index in [1.165, 1.54) is 25.7 Å². The van der Waals surface area contributed by atoms with Gasteiger partial charge in [0, 0.05) is 13.1 Å². The monoisotopic (exact) mass is 253 g/mol. The summed E-state index contributed by atoms with van der Waals surface area (Å²) in [5.74, 6) is 0.824. The first-order valence-corrected chi connectivity index (χ1v) is 6.42. The van der Waals surface area contributed by atoms with E-state index in [-0.39, 0.29) is 0 Å². The summed E-state index contributed by atoms with van der Waals surface area (Å²) in [6.45, 7) is 2.11. The first-order valence-electron chi connectivity index (χ1n) is 6.04. The molecule has 2 heterocycles. The molecule has 3 rings (SSSR count). The number of halogens is 1. The third-order valence-corrected chi connectivity index (χ3v) is 4.07. The van der Waals surface area contributed by atoms with Crippen LogP contribution in [0.4, 0.5) is 5.82 Å². The zero-order chi connectivity index (χ0) is 11.9. The lowest BCUT2D eigenvalue weighted by molar-refractivity contribution is 0.373. The molecular weight excluding hydrogens is 238 g/mol. The lowest BCUT2D eigenvalue weighted by Crippen LogP contribution is -2.37. The van der Waals surface area contributed by atoms with Gasteiger partial charge in [-0.15, -0.1) is 0 Å². The second-order valence-electron chi connectivity index (χ2n) is 5.05. The van der Waals surface area contributed by atoms with Gasteiger partial charge >= 0.3 is 6.01 Å². The highest BCUT2D eigenvalue weighted by atomic mass is 35.5. The van der Waals surface area contributed by atoms with E-state index in [9.17, 15) is 0 Å². The van der Waals surface area contributed by atoms with Crippen molar-refractivity contribution in [3.05, 3.63) is 11.2 Å². The van der Waals surface area contributed by atoms with Gasteiger partial charge in [-0.2, -0.15) is 4.98 Å². The topological polar surface area (TPSA) is 38.2 Å². The van der Waals surface area contributed by atoms with Crippen LogP contribution in [0, 0.1) is 5.41 Å². The van der Waals surface area contributed by atoms with Crippen molar-refractivity contribution < 1.29 is 4.74 Å². The van der Waals surface area contributed by atoms with E-state index < -0.39 is 0 Å². The summed E-state index contributed by atoms with van der Waals surface area (Å²) in [5.41, 5.74) is 0.555. The van der Waals surface area contributed by atoms with Crippen molar-refractivity contribution in [2.24, 2.45) is 5.41 Å². The molecule has 0 atom stereocenters. The third-order valence-electron chi connectivity index (χ3n) is 3.80. The standard InChI is InChI=1S/C12H16ClN3O/c1-17-11-14-7-9(13)10(15-11)16-6-2-3-12(8-16)4-5-12/h7H,2-6,8H2,1H3. The molecule has 0 aromatic carbocycles. The summed E-state index contributed by atoms with van der Waals surface area (Å²) >= 11 is 6.18. The number of rotatable bonds is 2. The number of piperidine rings is 1. The number of ether oxygens (including phenoxy) is 1. The Balaban J connectivity index is 1.87. The Labute approximate surface area is 106 Å². The van der Waals surface area contributed by atoms with Crippen LogP contribution in [-0.2, 0) is 0 Å². The average Bonchev–Trinajstić information content (AvgIpc) is 3.09. The van der Waals surface area contributed by atoms with Gasteiger partial charge in [-0.1, -0.05) is 11.6 Å². The highest BCUT2D eigenvalue weighted by molar-refractivity contribution is 6.32. The summed E-state index contributed by atoms with van der Waals surface area (Å²) in [6.07, 6.45) is 6.90. The molecule has 2 fully saturated rings. The van der Waals surface area contributed by atoms with E-state index >= 15 is 0 Å². The molecule has 1 spiro atoms. The van der Waals surface area contributed by atoms with E-state index in [1.807, 2.05) is 0 Å². The van der Waals surface area contributed by atoms with Crippen LogP contribution in [0.25, 0.3) is 0 Å². The summed E-state index contributed by atoms with van der Waals surface area (Å²) in [4.78, 5) is 10.7. The lowest BCUT2D eigenvalue weighted by atomic mass is 9.95. The number of aromatic nitrogens is 2. The number of methoxy groups -OCH3 is 1. The first kappa shape index (κ1) is 11.1. The van der Waals surface area contributed by atoms with Crippen molar-refractivity contribution >= 4 is 17.4 Å². The van der Waals surface area contributed by atoms with Gasteiger partial charge in [-0.25, -0.2) is 4.98 Å². The zero-order valence-corrected chi connectivity index (χ0v) is 10.7. The molecule has 1 aromatic heterocycles. The highest BCUT2D eigenvalue weighted by Gasteiger charge is 2.45. The van der Waals surface area contributed by atoms with Crippen LogP contribution in [0.5, 0.6) is 6.01 Å². The molecular formula is C12H16ClN3O. The van der Waals surface area contributed by atoms with Crippen LogP contribution in [0.1, 0.15) is 25.7 Å². The Morgan fingerprint density at radius 2 is 2.24 bits per heavy atom. The molecule has 5 heteroatoms. The van der Waals surface area contributed by atoms with E-state index in [4.69, 9.17) is 16.3 Å². The van der Waals surface area contributed by atoms with E-state index in [0.29, 0.717) is 16.4 Å². The van der Waals surface area contributed by atoms with Crippen molar-refractivity contribution in [2.75, 3.05) is 25.1 Å². The molecule has 0 amide bonds. The molecule has 0 N–H and O–H groups in total. The fourth-order valence-corrected chi connectivity index (χ4v) is 2.85. The molecule has 2 aliphatic rings. The van der Waals surface area contributed by atoms with Crippen molar-refractivity contribution in [3.8, 4) is 6.01 Å². The van der Waals surface area contributed by atoms with E-state index in [0.717, 1.165) is 18.9 Å². The zero-order valence-electron chi connectivity index (χ0n) is 9.95. The molecule has 0 radical (unpaired) electrons. The summed E-state index contributed by atoms with van der Waals surface area (Å²) in [5, 5.41) is 0.614. The van der Waals surface area contributed by atoms with Gasteiger partial charge in [0.05, 0.1) is 13.3 Å². The maximum absolute atomic E-state index is 6.18. The SMILES string of the molecule is COc1ncc(Cl)c(N2CCCC3(CC3)C2)n1. The van der Waals surface area contributed by atoms with E-state index in [2.05, 4.69) is 14.9 Å². The predicted octanol–water partition coefficient (Wildman–Crippen LogP) is 2.52. The number of nitrogens with zero attached hydrogens (tertiary/aromatic N) is 3. The smallest absolute Gasteiger partial charge is 0.318 e. The quantitative estimate of drug-likeness (QED) is 0.812. The molecule has 1 aliphatic carbocycles. The van der Waals surface area contributed by atoms with Gasteiger partial charge in [0.1, 0.15) is 5.02 Å².